The Bertz CT molecular complexity index is 775. The van der Waals surface area contributed by atoms with E-state index in [1.807, 2.05) is 60.7 Å². The molecule has 2 heterocycles. The highest BCUT2D eigenvalue weighted by molar-refractivity contribution is 6.04. The van der Waals surface area contributed by atoms with E-state index in [9.17, 15) is 5.26 Å². The molecule has 0 saturated carbocycles. The second-order valence-corrected chi connectivity index (χ2v) is 5.97. The maximum Gasteiger partial charge on any atom is 0.211 e. The summed E-state index contributed by atoms with van der Waals surface area (Å²) < 4.78 is 11.4. The summed E-state index contributed by atoms with van der Waals surface area (Å²) in [4.78, 5) is 9.17. The first kappa shape index (κ1) is 15.4. The van der Waals surface area contributed by atoms with E-state index >= 15 is 0 Å². The lowest BCUT2D eigenvalue weighted by molar-refractivity contribution is 0.292. The number of aliphatic imine (C=N–C) groups is 2. The zero-order valence-corrected chi connectivity index (χ0v) is 13.6. The molecule has 0 spiro atoms. The lowest BCUT2D eigenvalue weighted by Crippen LogP contribution is -2.23. The number of nitriles is 1. The maximum absolute atomic E-state index is 9.59. The number of hydrogen-bond acceptors (Lipinski definition) is 5. The Balaban J connectivity index is 1.54. The average Bonchev–Trinajstić information content (AvgIpc) is 3.35. The van der Waals surface area contributed by atoms with Crippen molar-refractivity contribution < 1.29 is 9.47 Å². The van der Waals surface area contributed by atoms with Gasteiger partial charge in [-0.3, -0.25) is 0 Å². The molecule has 0 saturated heterocycles. The summed E-state index contributed by atoms with van der Waals surface area (Å²) in [6, 6.07) is 21.9. The number of rotatable bonds is 4. The molecular weight excluding hydrogens is 314 g/mol. The van der Waals surface area contributed by atoms with Crippen LogP contribution >= 0.6 is 0 Å². The van der Waals surface area contributed by atoms with Gasteiger partial charge in [0.2, 0.25) is 11.8 Å². The molecule has 2 aromatic rings. The van der Waals surface area contributed by atoms with Crippen LogP contribution < -0.4 is 0 Å². The molecule has 0 aromatic heterocycles. The zero-order valence-electron chi connectivity index (χ0n) is 13.6. The van der Waals surface area contributed by atoms with E-state index in [0.717, 1.165) is 11.1 Å². The fourth-order valence-corrected chi connectivity index (χ4v) is 3.01. The molecule has 2 unspecified atom stereocenters. The molecule has 0 N–H and O–H groups in total. The van der Waals surface area contributed by atoms with Gasteiger partial charge >= 0.3 is 0 Å². The molecule has 5 heteroatoms. The minimum atomic E-state index is -0.692. The molecule has 0 amide bonds. The number of ether oxygens (including phenoxy) is 2. The van der Waals surface area contributed by atoms with Crippen molar-refractivity contribution in [3.05, 3.63) is 71.8 Å². The molecule has 2 aliphatic heterocycles. The van der Waals surface area contributed by atoms with Crippen LogP contribution in [-0.2, 0) is 9.47 Å². The summed E-state index contributed by atoms with van der Waals surface area (Å²) >= 11 is 0. The second kappa shape index (κ2) is 6.78. The Morgan fingerprint density at radius 2 is 1.24 bits per heavy atom. The van der Waals surface area contributed by atoms with Crippen LogP contribution in [0.4, 0.5) is 0 Å². The Kier molecular flexibility index (Phi) is 4.17. The van der Waals surface area contributed by atoms with E-state index in [1.54, 1.807) is 0 Å². The lowest BCUT2D eigenvalue weighted by atomic mass is 10.1. The largest absolute Gasteiger partial charge is 0.477 e. The third-order valence-electron chi connectivity index (χ3n) is 4.34. The van der Waals surface area contributed by atoms with Crippen molar-refractivity contribution in [2.24, 2.45) is 15.9 Å². The molecule has 5 nitrogen and oxygen atoms in total. The van der Waals surface area contributed by atoms with Crippen molar-refractivity contribution in [3.8, 4) is 6.07 Å². The van der Waals surface area contributed by atoms with Gasteiger partial charge in [-0.25, -0.2) is 9.98 Å². The highest BCUT2D eigenvalue weighted by atomic mass is 16.5. The minimum Gasteiger partial charge on any atom is -0.477 e. The van der Waals surface area contributed by atoms with Gasteiger partial charge in [-0.05, 0) is 11.1 Å². The number of benzene rings is 2. The Labute approximate surface area is 146 Å². The van der Waals surface area contributed by atoms with E-state index in [0.29, 0.717) is 25.0 Å². The lowest BCUT2D eigenvalue weighted by Gasteiger charge is -2.07. The van der Waals surface area contributed by atoms with Crippen LogP contribution in [-0.4, -0.2) is 25.0 Å². The predicted octanol–water partition coefficient (Wildman–Crippen LogP) is 3.47. The van der Waals surface area contributed by atoms with Gasteiger partial charge in [-0.2, -0.15) is 5.26 Å². The first-order valence-electron chi connectivity index (χ1n) is 8.25. The molecule has 0 bridgehead atoms. The highest BCUT2D eigenvalue weighted by Gasteiger charge is 2.35. The van der Waals surface area contributed by atoms with Gasteiger partial charge in [0, 0.05) is 0 Å². The minimum absolute atomic E-state index is 0.0843. The summed E-state index contributed by atoms with van der Waals surface area (Å²) in [5, 5.41) is 9.59. The van der Waals surface area contributed by atoms with Crippen molar-refractivity contribution in [3.63, 3.8) is 0 Å². The van der Waals surface area contributed by atoms with Crippen LogP contribution in [0.15, 0.2) is 70.6 Å². The van der Waals surface area contributed by atoms with E-state index in [-0.39, 0.29) is 12.1 Å². The average molecular weight is 331 g/mol. The summed E-state index contributed by atoms with van der Waals surface area (Å²) in [6.45, 7) is 0.875. The zero-order chi connectivity index (χ0) is 17.1. The standard InChI is InChI=1S/C20H17N3O2/c21-11-16(19-22-17(12-24-19)14-7-3-1-4-8-14)20-23-18(13-25-20)15-9-5-2-6-10-15/h1-10,16-18H,12-13H2. The molecule has 25 heavy (non-hydrogen) atoms. The van der Waals surface area contributed by atoms with Gasteiger partial charge in [0.25, 0.3) is 0 Å². The molecule has 0 fully saturated rings. The molecule has 124 valence electrons. The van der Waals surface area contributed by atoms with Crippen LogP contribution in [0.1, 0.15) is 23.2 Å². The Morgan fingerprint density at radius 1 is 0.800 bits per heavy atom. The Morgan fingerprint density at radius 3 is 1.64 bits per heavy atom. The monoisotopic (exact) mass is 331 g/mol. The number of nitrogens with zero attached hydrogens (tertiary/aromatic N) is 3. The highest BCUT2D eigenvalue weighted by Crippen LogP contribution is 2.29. The molecule has 2 aromatic carbocycles. The smallest absolute Gasteiger partial charge is 0.211 e. The molecule has 4 rings (SSSR count). The van der Waals surface area contributed by atoms with Crippen molar-refractivity contribution in [1.29, 1.82) is 5.26 Å². The van der Waals surface area contributed by atoms with Gasteiger partial charge < -0.3 is 9.47 Å². The summed E-state index contributed by atoms with van der Waals surface area (Å²) in [6.07, 6.45) is 0. The summed E-state index contributed by atoms with van der Waals surface area (Å²) in [7, 11) is 0. The summed E-state index contributed by atoms with van der Waals surface area (Å²) in [5.74, 6) is 0.0926. The molecule has 0 radical (unpaired) electrons. The topological polar surface area (TPSA) is 67.0 Å². The van der Waals surface area contributed by atoms with Crippen LogP contribution in [0.5, 0.6) is 0 Å². The van der Waals surface area contributed by atoms with E-state index in [1.165, 1.54) is 0 Å². The van der Waals surface area contributed by atoms with E-state index < -0.39 is 5.92 Å². The quantitative estimate of drug-likeness (QED) is 0.861. The van der Waals surface area contributed by atoms with Gasteiger partial charge in [0.1, 0.15) is 25.3 Å². The van der Waals surface area contributed by atoms with Crippen LogP contribution in [0.3, 0.4) is 0 Å². The van der Waals surface area contributed by atoms with E-state index in [2.05, 4.69) is 16.1 Å². The number of hydrogen-bond donors (Lipinski definition) is 0. The summed E-state index contributed by atoms with van der Waals surface area (Å²) in [5.41, 5.74) is 2.15. The molecule has 2 atom stereocenters. The van der Waals surface area contributed by atoms with Crippen LogP contribution in [0, 0.1) is 17.2 Å². The van der Waals surface area contributed by atoms with Crippen molar-refractivity contribution in [2.75, 3.05) is 13.2 Å². The third-order valence-corrected chi connectivity index (χ3v) is 4.34. The predicted molar refractivity (Wildman–Crippen MR) is 94.2 cm³/mol. The van der Waals surface area contributed by atoms with Crippen molar-refractivity contribution >= 4 is 11.8 Å². The molecule has 0 aliphatic carbocycles. The Hall–Kier alpha value is -3.13. The SMILES string of the molecule is N#CC(C1=NC(c2ccccc2)CO1)C1=NC(c2ccccc2)CO1. The first-order valence-corrected chi connectivity index (χ1v) is 8.25. The maximum atomic E-state index is 9.59. The van der Waals surface area contributed by atoms with Gasteiger partial charge in [0.15, 0.2) is 5.92 Å². The molecule has 2 aliphatic rings. The second-order valence-electron chi connectivity index (χ2n) is 5.97. The van der Waals surface area contributed by atoms with E-state index in [4.69, 9.17) is 9.47 Å². The molecular formula is C20H17N3O2. The van der Waals surface area contributed by atoms with Crippen molar-refractivity contribution in [1.82, 2.24) is 0 Å². The van der Waals surface area contributed by atoms with Crippen LogP contribution in [0.2, 0.25) is 0 Å². The normalized spacial score (nSPS) is 23.0. The third kappa shape index (κ3) is 3.11. The van der Waals surface area contributed by atoms with Gasteiger partial charge in [-0.1, -0.05) is 60.7 Å². The van der Waals surface area contributed by atoms with Crippen molar-refractivity contribution in [2.45, 2.75) is 12.1 Å². The van der Waals surface area contributed by atoms with Gasteiger partial charge in [-0.15, -0.1) is 0 Å². The first-order chi connectivity index (χ1) is 12.3. The van der Waals surface area contributed by atoms with Crippen LogP contribution in [0.25, 0.3) is 0 Å². The fourth-order valence-electron chi connectivity index (χ4n) is 3.01. The fraction of sp³-hybridized carbons (Fsp3) is 0.250. The van der Waals surface area contributed by atoms with Gasteiger partial charge in [0.05, 0.1) is 6.07 Å².